The number of rotatable bonds is 6. The first kappa shape index (κ1) is 18.7. The molecule has 2 aliphatic rings. The van der Waals surface area contributed by atoms with Crippen LogP contribution in [0.25, 0.3) is 0 Å². The van der Waals surface area contributed by atoms with Crippen molar-refractivity contribution in [2.45, 2.75) is 38.2 Å². The van der Waals surface area contributed by atoms with E-state index in [0.717, 1.165) is 17.5 Å². The van der Waals surface area contributed by atoms with E-state index in [1.807, 2.05) is 24.3 Å². The maximum absolute atomic E-state index is 13.1. The van der Waals surface area contributed by atoms with E-state index in [0.29, 0.717) is 25.1 Å². The molecule has 0 spiro atoms. The van der Waals surface area contributed by atoms with Crippen LogP contribution in [-0.2, 0) is 11.2 Å². The van der Waals surface area contributed by atoms with Gasteiger partial charge in [0.05, 0.1) is 6.04 Å². The lowest BCUT2D eigenvalue weighted by molar-refractivity contribution is -0.124. The van der Waals surface area contributed by atoms with E-state index in [-0.39, 0.29) is 30.8 Å². The Kier molecular flexibility index (Phi) is 4.91. The monoisotopic (exact) mass is 387 g/mol. The first-order chi connectivity index (χ1) is 13.5. The third-order valence-corrected chi connectivity index (χ3v) is 5.86. The number of hydrogen-bond acceptors (Lipinski definition) is 2. The van der Waals surface area contributed by atoms with Crippen molar-refractivity contribution in [3.63, 3.8) is 0 Å². The number of benzene rings is 1. The molecule has 2 N–H and O–H groups in total. The van der Waals surface area contributed by atoms with Crippen molar-refractivity contribution < 1.29 is 18.4 Å². The Morgan fingerprint density at radius 2 is 2.00 bits per heavy atom. The predicted octanol–water partition coefficient (Wildman–Crippen LogP) is 3.31. The molecule has 4 rings (SSSR count). The molecule has 7 heteroatoms. The highest BCUT2D eigenvalue weighted by molar-refractivity contribution is 5.93. The van der Waals surface area contributed by atoms with Gasteiger partial charge in [0, 0.05) is 31.1 Å². The molecule has 28 heavy (non-hydrogen) atoms. The summed E-state index contributed by atoms with van der Waals surface area (Å²) in [5.74, 6) is -0.516. The van der Waals surface area contributed by atoms with Crippen molar-refractivity contribution in [1.29, 1.82) is 0 Å². The Bertz CT molecular complexity index is 862. The lowest BCUT2D eigenvalue weighted by Gasteiger charge is -2.37. The smallest absolute Gasteiger partial charge is 0.270 e. The molecule has 1 atom stereocenters. The number of hydrogen-bond donors (Lipinski definition) is 2. The highest BCUT2D eigenvalue weighted by Gasteiger charge is 2.52. The minimum atomic E-state index is -2.47. The maximum atomic E-state index is 13.1. The van der Waals surface area contributed by atoms with Crippen LogP contribution in [0, 0.1) is 5.41 Å². The molecule has 1 saturated carbocycles. The predicted molar refractivity (Wildman–Crippen MR) is 100 cm³/mol. The van der Waals surface area contributed by atoms with E-state index in [9.17, 15) is 18.4 Å². The molecule has 148 valence electrons. The lowest BCUT2D eigenvalue weighted by Crippen LogP contribution is -2.45. The van der Waals surface area contributed by atoms with Crippen LogP contribution in [0.5, 0.6) is 0 Å². The second-order valence-electron chi connectivity index (χ2n) is 7.69. The minimum absolute atomic E-state index is 0.134. The molecule has 1 fully saturated rings. The molecule has 1 unspecified atom stereocenters. The van der Waals surface area contributed by atoms with Gasteiger partial charge in [-0.1, -0.05) is 24.3 Å². The minimum Gasteiger partial charge on any atom is -0.357 e. The standard InChI is InChI=1S/C21H23F2N3O2/c22-20(23)21(8-9-21)12-18(27)25-13-17-15-5-2-1-4-14(15)7-11-26(17)19(28)16-6-3-10-24-16/h1-6,10,17,20,24H,7-9,11-13H2,(H,25,27). The zero-order valence-corrected chi connectivity index (χ0v) is 15.5. The molecule has 0 radical (unpaired) electrons. The lowest BCUT2D eigenvalue weighted by atomic mass is 9.92. The number of alkyl halides is 2. The number of aromatic nitrogens is 1. The van der Waals surface area contributed by atoms with Crippen LogP contribution < -0.4 is 5.32 Å². The molecular formula is C21H23F2N3O2. The van der Waals surface area contributed by atoms with Gasteiger partial charge in [0.25, 0.3) is 5.91 Å². The Morgan fingerprint density at radius 1 is 1.21 bits per heavy atom. The number of halogens is 2. The summed E-state index contributed by atoms with van der Waals surface area (Å²) in [6, 6.07) is 11.0. The SMILES string of the molecule is O=C(CC1(C(F)F)CC1)NCC1c2ccccc2CCN1C(=O)c1ccc[nH]1. The third kappa shape index (κ3) is 3.53. The van der Waals surface area contributed by atoms with E-state index in [4.69, 9.17) is 0 Å². The normalized spacial score (nSPS) is 20.0. The van der Waals surface area contributed by atoms with Crippen LogP contribution in [0.3, 0.4) is 0 Å². The van der Waals surface area contributed by atoms with Crippen LogP contribution >= 0.6 is 0 Å². The van der Waals surface area contributed by atoms with Crippen molar-refractivity contribution in [1.82, 2.24) is 15.2 Å². The first-order valence-corrected chi connectivity index (χ1v) is 9.57. The van der Waals surface area contributed by atoms with E-state index < -0.39 is 11.8 Å². The number of fused-ring (bicyclic) bond motifs is 1. The fraction of sp³-hybridized carbons (Fsp3) is 0.429. The number of amides is 2. The first-order valence-electron chi connectivity index (χ1n) is 9.57. The second-order valence-corrected chi connectivity index (χ2v) is 7.69. The Morgan fingerprint density at radius 3 is 2.68 bits per heavy atom. The molecule has 1 aliphatic carbocycles. The van der Waals surface area contributed by atoms with Gasteiger partial charge >= 0.3 is 0 Å². The summed E-state index contributed by atoms with van der Waals surface area (Å²) in [6.07, 6.45) is 0.579. The fourth-order valence-corrected chi connectivity index (χ4v) is 3.96. The number of carbonyl (C=O) groups is 2. The van der Waals surface area contributed by atoms with Crippen molar-refractivity contribution in [2.75, 3.05) is 13.1 Å². The number of aromatic amines is 1. The summed E-state index contributed by atoms with van der Waals surface area (Å²) < 4.78 is 26.2. The molecule has 0 saturated heterocycles. The van der Waals surface area contributed by atoms with Crippen LogP contribution in [-0.4, -0.2) is 41.2 Å². The quantitative estimate of drug-likeness (QED) is 0.799. The average molecular weight is 387 g/mol. The summed E-state index contributed by atoms with van der Waals surface area (Å²) in [4.78, 5) is 29.9. The number of H-pyrrole nitrogens is 1. The van der Waals surface area contributed by atoms with Crippen LogP contribution in [0.1, 0.15) is 46.9 Å². The summed E-state index contributed by atoms with van der Waals surface area (Å²) >= 11 is 0. The van der Waals surface area contributed by atoms with Gasteiger partial charge in [-0.15, -0.1) is 0 Å². The van der Waals surface area contributed by atoms with Crippen molar-refractivity contribution in [2.24, 2.45) is 5.41 Å². The second kappa shape index (κ2) is 7.37. The molecule has 0 bridgehead atoms. The summed E-state index contributed by atoms with van der Waals surface area (Å²) in [5.41, 5.74) is 1.48. The van der Waals surface area contributed by atoms with E-state index in [2.05, 4.69) is 10.3 Å². The molecule has 1 aliphatic heterocycles. The Hall–Kier alpha value is -2.70. The van der Waals surface area contributed by atoms with Gasteiger partial charge in [0.15, 0.2) is 0 Å². The third-order valence-electron chi connectivity index (χ3n) is 5.86. The van der Waals surface area contributed by atoms with Gasteiger partial charge in [0.2, 0.25) is 12.3 Å². The van der Waals surface area contributed by atoms with E-state index >= 15 is 0 Å². The largest absolute Gasteiger partial charge is 0.357 e. The van der Waals surface area contributed by atoms with Gasteiger partial charge in [-0.05, 0) is 42.5 Å². The van der Waals surface area contributed by atoms with Crippen molar-refractivity contribution in [3.8, 4) is 0 Å². The molecule has 2 amide bonds. The zero-order valence-electron chi connectivity index (χ0n) is 15.5. The molecule has 5 nitrogen and oxygen atoms in total. The van der Waals surface area contributed by atoms with E-state index in [1.165, 1.54) is 0 Å². The van der Waals surface area contributed by atoms with Gasteiger partial charge < -0.3 is 15.2 Å². The number of carbonyl (C=O) groups excluding carboxylic acids is 2. The van der Waals surface area contributed by atoms with Gasteiger partial charge in [-0.3, -0.25) is 9.59 Å². The van der Waals surface area contributed by atoms with Crippen molar-refractivity contribution in [3.05, 3.63) is 59.4 Å². The molecular weight excluding hydrogens is 364 g/mol. The van der Waals surface area contributed by atoms with E-state index in [1.54, 1.807) is 23.2 Å². The molecule has 1 aromatic carbocycles. The summed E-state index contributed by atoms with van der Waals surface area (Å²) in [6.45, 7) is 0.748. The summed E-state index contributed by atoms with van der Waals surface area (Å²) in [5, 5.41) is 2.80. The van der Waals surface area contributed by atoms with Crippen LogP contribution in [0.2, 0.25) is 0 Å². The molecule has 2 aromatic rings. The average Bonchev–Trinajstić information content (AvgIpc) is 3.27. The Balaban J connectivity index is 1.50. The van der Waals surface area contributed by atoms with Gasteiger partial charge in [-0.25, -0.2) is 8.78 Å². The van der Waals surface area contributed by atoms with Crippen LogP contribution in [0.4, 0.5) is 8.78 Å². The highest BCUT2D eigenvalue weighted by atomic mass is 19.3. The topological polar surface area (TPSA) is 65.2 Å². The molecule has 2 heterocycles. The number of nitrogens with zero attached hydrogens (tertiary/aromatic N) is 1. The Labute approximate surface area is 162 Å². The summed E-state index contributed by atoms with van der Waals surface area (Å²) in [7, 11) is 0. The van der Waals surface area contributed by atoms with Gasteiger partial charge in [0.1, 0.15) is 5.69 Å². The van der Waals surface area contributed by atoms with Crippen molar-refractivity contribution >= 4 is 11.8 Å². The zero-order chi connectivity index (χ0) is 19.7. The van der Waals surface area contributed by atoms with Gasteiger partial charge in [-0.2, -0.15) is 0 Å². The highest BCUT2D eigenvalue weighted by Crippen LogP contribution is 2.53. The molecule has 1 aromatic heterocycles. The maximum Gasteiger partial charge on any atom is 0.270 e. The van der Waals surface area contributed by atoms with Crippen LogP contribution in [0.15, 0.2) is 42.6 Å². The number of nitrogens with one attached hydrogen (secondary N) is 2. The fourth-order valence-electron chi connectivity index (χ4n) is 3.96.